The number of aromatic nitrogens is 4. The zero-order chi connectivity index (χ0) is 25.1. The summed E-state index contributed by atoms with van der Waals surface area (Å²) < 4.78 is 8.59. The Hall–Kier alpha value is -4.17. The molecule has 5 rings (SSSR count). The van der Waals surface area contributed by atoms with Crippen LogP contribution in [0.15, 0.2) is 77.6 Å². The summed E-state index contributed by atoms with van der Waals surface area (Å²) in [6, 6.07) is 22.3. The first-order valence-corrected chi connectivity index (χ1v) is 11.9. The van der Waals surface area contributed by atoms with Crippen molar-refractivity contribution < 1.29 is 9.53 Å². The molecule has 0 bridgehead atoms. The van der Waals surface area contributed by atoms with E-state index in [1.165, 1.54) is 0 Å². The predicted octanol–water partition coefficient (Wildman–Crippen LogP) is 4.00. The second kappa shape index (κ2) is 10.2. The van der Waals surface area contributed by atoms with Gasteiger partial charge in [-0.1, -0.05) is 54.1 Å². The standard InChI is InChI=1S/C27H24ClN5O3/c1-36-20-12-10-18(11-13-20)16-29-25(34)15-14-24-30-31-27-32(17-19-6-2-4-8-22(19)28)26(35)21-7-3-5-9-23(21)33(24)27/h2-13H,14-17H2,1H3,(H,29,34). The number of carbonyl (C=O) groups excluding carboxylic acids is 1. The number of nitrogens with one attached hydrogen (secondary N) is 1. The van der Waals surface area contributed by atoms with E-state index in [1.54, 1.807) is 23.8 Å². The Morgan fingerprint density at radius 1 is 1.00 bits per heavy atom. The first kappa shape index (κ1) is 23.6. The lowest BCUT2D eigenvalue weighted by Gasteiger charge is -2.12. The van der Waals surface area contributed by atoms with Gasteiger partial charge in [0.1, 0.15) is 11.6 Å². The Morgan fingerprint density at radius 3 is 2.53 bits per heavy atom. The van der Waals surface area contributed by atoms with Crippen molar-refractivity contribution in [2.24, 2.45) is 0 Å². The fourth-order valence-electron chi connectivity index (χ4n) is 4.17. The van der Waals surface area contributed by atoms with Gasteiger partial charge in [0, 0.05) is 24.4 Å². The fraction of sp³-hybridized carbons (Fsp3) is 0.185. The maximum absolute atomic E-state index is 13.4. The Morgan fingerprint density at radius 2 is 1.75 bits per heavy atom. The van der Waals surface area contributed by atoms with Gasteiger partial charge in [0.15, 0.2) is 0 Å². The maximum atomic E-state index is 13.4. The van der Waals surface area contributed by atoms with Crippen LogP contribution in [0.2, 0.25) is 5.02 Å². The van der Waals surface area contributed by atoms with Gasteiger partial charge < -0.3 is 10.1 Å². The highest BCUT2D eigenvalue weighted by Crippen LogP contribution is 2.20. The molecule has 5 aromatic rings. The average molecular weight is 502 g/mol. The molecule has 1 amide bonds. The molecule has 0 unspecified atom stereocenters. The fourth-order valence-corrected chi connectivity index (χ4v) is 4.37. The van der Waals surface area contributed by atoms with Crippen molar-refractivity contribution in [1.29, 1.82) is 0 Å². The van der Waals surface area contributed by atoms with E-state index in [4.69, 9.17) is 16.3 Å². The van der Waals surface area contributed by atoms with Gasteiger partial charge in [-0.05, 0) is 41.5 Å². The molecule has 2 heterocycles. The van der Waals surface area contributed by atoms with E-state index in [0.717, 1.165) is 16.9 Å². The molecule has 0 spiro atoms. The molecule has 0 saturated heterocycles. The van der Waals surface area contributed by atoms with Crippen molar-refractivity contribution in [3.8, 4) is 5.75 Å². The summed E-state index contributed by atoms with van der Waals surface area (Å²) >= 11 is 6.37. The predicted molar refractivity (Wildman–Crippen MR) is 138 cm³/mol. The van der Waals surface area contributed by atoms with Gasteiger partial charge in [-0.25, -0.2) is 0 Å². The molecule has 2 aromatic heterocycles. The summed E-state index contributed by atoms with van der Waals surface area (Å²) in [6.45, 7) is 0.678. The highest BCUT2D eigenvalue weighted by molar-refractivity contribution is 6.31. The lowest BCUT2D eigenvalue weighted by atomic mass is 10.2. The first-order valence-electron chi connectivity index (χ1n) is 11.5. The van der Waals surface area contributed by atoms with Crippen LogP contribution in [0, 0.1) is 0 Å². The molecule has 36 heavy (non-hydrogen) atoms. The topological polar surface area (TPSA) is 90.5 Å². The maximum Gasteiger partial charge on any atom is 0.263 e. The number of fused-ring (bicyclic) bond motifs is 3. The van der Waals surface area contributed by atoms with Crippen LogP contribution in [0.25, 0.3) is 16.7 Å². The van der Waals surface area contributed by atoms with Crippen molar-refractivity contribution in [3.05, 3.63) is 105 Å². The zero-order valence-corrected chi connectivity index (χ0v) is 20.4. The number of benzene rings is 3. The van der Waals surface area contributed by atoms with Crippen molar-refractivity contribution in [3.63, 3.8) is 0 Å². The SMILES string of the molecule is COc1ccc(CNC(=O)CCc2nnc3n(Cc4ccccc4Cl)c(=O)c4ccccc4n23)cc1. The number of aryl methyl sites for hydroxylation is 1. The lowest BCUT2D eigenvalue weighted by molar-refractivity contribution is -0.121. The zero-order valence-electron chi connectivity index (χ0n) is 19.6. The number of ether oxygens (including phenoxy) is 1. The number of halogens is 1. The van der Waals surface area contributed by atoms with Gasteiger partial charge >= 0.3 is 0 Å². The number of hydrogen-bond acceptors (Lipinski definition) is 5. The summed E-state index contributed by atoms with van der Waals surface area (Å²) in [7, 11) is 1.62. The number of nitrogens with zero attached hydrogens (tertiary/aromatic N) is 4. The monoisotopic (exact) mass is 501 g/mol. The first-order chi connectivity index (χ1) is 17.5. The van der Waals surface area contributed by atoms with Crippen LogP contribution < -0.4 is 15.6 Å². The van der Waals surface area contributed by atoms with Crippen molar-refractivity contribution in [2.45, 2.75) is 25.9 Å². The van der Waals surface area contributed by atoms with E-state index in [0.29, 0.717) is 40.5 Å². The van der Waals surface area contributed by atoms with Gasteiger partial charge in [-0.15, -0.1) is 10.2 Å². The van der Waals surface area contributed by atoms with Crippen molar-refractivity contribution in [1.82, 2.24) is 24.5 Å². The van der Waals surface area contributed by atoms with E-state index in [1.807, 2.05) is 65.1 Å². The molecule has 0 aliphatic rings. The second-order valence-corrected chi connectivity index (χ2v) is 8.78. The molecular formula is C27H24ClN5O3. The summed E-state index contributed by atoms with van der Waals surface area (Å²) in [5, 5.41) is 12.7. The van der Waals surface area contributed by atoms with E-state index in [-0.39, 0.29) is 24.4 Å². The van der Waals surface area contributed by atoms with Crippen LogP contribution >= 0.6 is 11.6 Å². The molecule has 0 aliphatic carbocycles. The minimum Gasteiger partial charge on any atom is -0.497 e. The van der Waals surface area contributed by atoms with Crippen LogP contribution in [0.4, 0.5) is 0 Å². The molecule has 0 saturated carbocycles. The number of para-hydroxylation sites is 1. The second-order valence-electron chi connectivity index (χ2n) is 8.38. The molecular weight excluding hydrogens is 478 g/mol. The van der Waals surface area contributed by atoms with E-state index in [9.17, 15) is 9.59 Å². The smallest absolute Gasteiger partial charge is 0.263 e. The van der Waals surface area contributed by atoms with Crippen molar-refractivity contribution >= 4 is 34.2 Å². The number of rotatable bonds is 8. The third-order valence-corrected chi connectivity index (χ3v) is 6.45. The van der Waals surface area contributed by atoms with Gasteiger partial charge in [0.05, 0.1) is 24.6 Å². The number of hydrogen-bond donors (Lipinski definition) is 1. The Kier molecular flexibility index (Phi) is 6.69. The highest BCUT2D eigenvalue weighted by atomic mass is 35.5. The van der Waals surface area contributed by atoms with Crippen LogP contribution in [0.5, 0.6) is 5.75 Å². The summed E-state index contributed by atoms with van der Waals surface area (Å²) in [5.74, 6) is 1.68. The Labute approximate surface area is 212 Å². The number of amides is 1. The van der Waals surface area contributed by atoms with Gasteiger partial charge in [-0.2, -0.15) is 0 Å². The number of methoxy groups -OCH3 is 1. The lowest BCUT2D eigenvalue weighted by Crippen LogP contribution is -2.25. The Balaban J connectivity index is 1.41. The number of carbonyl (C=O) groups is 1. The van der Waals surface area contributed by atoms with E-state index >= 15 is 0 Å². The van der Waals surface area contributed by atoms with E-state index < -0.39 is 0 Å². The highest BCUT2D eigenvalue weighted by Gasteiger charge is 2.18. The van der Waals surface area contributed by atoms with Crippen LogP contribution in [0.1, 0.15) is 23.4 Å². The van der Waals surface area contributed by atoms with Crippen LogP contribution in [0.3, 0.4) is 0 Å². The average Bonchev–Trinajstić information content (AvgIpc) is 3.34. The molecule has 8 nitrogen and oxygen atoms in total. The summed E-state index contributed by atoms with van der Waals surface area (Å²) in [6.07, 6.45) is 0.596. The van der Waals surface area contributed by atoms with Crippen molar-refractivity contribution in [2.75, 3.05) is 7.11 Å². The van der Waals surface area contributed by atoms with Crippen LogP contribution in [-0.2, 0) is 24.3 Å². The Bertz CT molecular complexity index is 1610. The quantitative estimate of drug-likeness (QED) is 0.347. The minimum atomic E-state index is -0.172. The normalized spacial score (nSPS) is 11.2. The minimum absolute atomic E-state index is 0.101. The largest absolute Gasteiger partial charge is 0.497 e. The molecule has 0 atom stereocenters. The molecule has 0 aliphatic heterocycles. The van der Waals surface area contributed by atoms with Gasteiger partial charge in [0.25, 0.3) is 5.56 Å². The molecule has 9 heteroatoms. The third-order valence-electron chi connectivity index (χ3n) is 6.09. The van der Waals surface area contributed by atoms with E-state index in [2.05, 4.69) is 15.5 Å². The molecule has 3 aromatic carbocycles. The molecule has 0 radical (unpaired) electrons. The molecule has 182 valence electrons. The third kappa shape index (κ3) is 4.67. The van der Waals surface area contributed by atoms with Gasteiger partial charge in [0.2, 0.25) is 11.7 Å². The molecule has 0 fully saturated rings. The summed E-state index contributed by atoms with van der Waals surface area (Å²) in [5.41, 5.74) is 2.31. The summed E-state index contributed by atoms with van der Waals surface area (Å²) in [4.78, 5) is 25.9. The molecule has 1 N–H and O–H groups in total. The van der Waals surface area contributed by atoms with Crippen LogP contribution in [-0.4, -0.2) is 32.2 Å². The van der Waals surface area contributed by atoms with Gasteiger partial charge in [-0.3, -0.25) is 18.6 Å².